The van der Waals surface area contributed by atoms with Gasteiger partial charge in [-0.3, -0.25) is 4.79 Å². The Bertz CT molecular complexity index is 781. The monoisotopic (exact) mass is 404 g/mol. The van der Waals surface area contributed by atoms with Gasteiger partial charge in [-0.25, -0.2) is 4.98 Å². The van der Waals surface area contributed by atoms with Crippen LogP contribution in [0.15, 0.2) is 18.5 Å². The van der Waals surface area contributed by atoms with E-state index in [0.29, 0.717) is 6.54 Å². The number of piperidine rings is 1. The lowest BCUT2D eigenvalue weighted by atomic mass is 9.82. The van der Waals surface area contributed by atoms with Gasteiger partial charge >= 0.3 is 0 Å². The van der Waals surface area contributed by atoms with E-state index in [1.165, 1.54) is 10.4 Å². The molecule has 2 aromatic heterocycles. The highest BCUT2D eigenvalue weighted by molar-refractivity contribution is 7.14. The van der Waals surface area contributed by atoms with Crippen LogP contribution in [0.4, 0.5) is 0 Å². The minimum Gasteiger partial charge on any atom is -0.380 e. The molecule has 2 aliphatic heterocycles. The van der Waals surface area contributed by atoms with Crippen molar-refractivity contribution in [1.29, 1.82) is 0 Å². The van der Waals surface area contributed by atoms with Crippen LogP contribution in [0.5, 0.6) is 0 Å². The van der Waals surface area contributed by atoms with Crippen LogP contribution >= 0.6 is 11.3 Å². The Kier molecular flexibility index (Phi) is 6.10. The molecule has 2 aromatic rings. The van der Waals surface area contributed by atoms with Gasteiger partial charge in [-0.05, 0) is 31.4 Å². The summed E-state index contributed by atoms with van der Waals surface area (Å²) in [5.41, 5.74) is 1.00. The van der Waals surface area contributed by atoms with Crippen molar-refractivity contribution in [2.75, 3.05) is 39.5 Å². The molecule has 0 radical (unpaired) electrons. The largest absolute Gasteiger partial charge is 0.380 e. The maximum absolute atomic E-state index is 12.6. The van der Waals surface area contributed by atoms with Crippen LogP contribution in [-0.2, 0) is 28.0 Å². The fraction of sp³-hybridized carbons (Fsp3) is 0.600. The lowest BCUT2D eigenvalue weighted by Gasteiger charge is -2.44. The lowest BCUT2D eigenvalue weighted by molar-refractivity contribution is -0.0986. The molecule has 0 atom stereocenters. The summed E-state index contributed by atoms with van der Waals surface area (Å²) in [5, 5.41) is 2.95. The number of thiophene rings is 1. The third-order valence-electron chi connectivity index (χ3n) is 5.62. The van der Waals surface area contributed by atoms with Crippen molar-refractivity contribution < 1.29 is 14.3 Å². The van der Waals surface area contributed by atoms with E-state index in [4.69, 9.17) is 9.47 Å². The number of imidazole rings is 1. The van der Waals surface area contributed by atoms with E-state index in [2.05, 4.69) is 26.3 Å². The first-order valence-electron chi connectivity index (χ1n) is 10.0. The number of carbonyl (C=O) groups excluding carboxylic acids is 1. The number of nitrogens with zero attached hydrogens (tertiary/aromatic N) is 2. The van der Waals surface area contributed by atoms with E-state index >= 15 is 0 Å². The summed E-state index contributed by atoms with van der Waals surface area (Å²) < 4.78 is 11.8. The minimum absolute atomic E-state index is 0.0416. The number of hydrogen-bond donors (Lipinski definition) is 2. The van der Waals surface area contributed by atoms with Crippen LogP contribution < -0.4 is 5.32 Å². The van der Waals surface area contributed by atoms with Crippen LogP contribution in [0.3, 0.4) is 0 Å². The Labute approximate surface area is 169 Å². The number of H-pyrrole nitrogens is 1. The predicted octanol–water partition coefficient (Wildman–Crippen LogP) is 2.30. The number of fused-ring (bicyclic) bond motifs is 2. The zero-order valence-electron chi connectivity index (χ0n) is 16.3. The average Bonchev–Trinajstić information content (AvgIpc) is 3.38. The Morgan fingerprint density at radius 2 is 2.32 bits per heavy atom. The number of aromatic amines is 1. The van der Waals surface area contributed by atoms with Gasteiger partial charge in [0, 0.05) is 49.9 Å². The second kappa shape index (κ2) is 8.73. The molecule has 8 heteroatoms. The minimum atomic E-state index is -0.230. The number of rotatable bonds is 7. The smallest absolute Gasteiger partial charge is 0.261 e. The van der Waals surface area contributed by atoms with Gasteiger partial charge in [0.15, 0.2) is 0 Å². The van der Waals surface area contributed by atoms with Gasteiger partial charge in [0.05, 0.1) is 30.2 Å². The Morgan fingerprint density at radius 1 is 1.46 bits per heavy atom. The molecule has 1 saturated heterocycles. The van der Waals surface area contributed by atoms with Gasteiger partial charge in [-0.15, -0.1) is 11.3 Å². The van der Waals surface area contributed by atoms with Crippen molar-refractivity contribution in [2.24, 2.45) is 0 Å². The van der Waals surface area contributed by atoms with Gasteiger partial charge in [-0.2, -0.15) is 0 Å². The summed E-state index contributed by atoms with van der Waals surface area (Å²) >= 11 is 1.61. The highest BCUT2D eigenvalue weighted by atomic mass is 32.1. The third-order valence-corrected chi connectivity index (χ3v) is 6.82. The molecule has 28 heavy (non-hydrogen) atoms. The first kappa shape index (κ1) is 19.6. The fourth-order valence-corrected chi connectivity index (χ4v) is 5.21. The number of aromatic nitrogens is 2. The predicted molar refractivity (Wildman–Crippen MR) is 108 cm³/mol. The molecule has 7 nitrogen and oxygen atoms in total. The summed E-state index contributed by atoms with van der Waals surface area (Å²) in [5.74, 6) is 0.717. The zero-order chi connectivity index (χ0) is 19.4. The standard InChI is InChI=1S/C20H28N4O3S/c1-2-26-12-10-24-8-4-20(5-9-24)15-13-17(28-16(15)3-11-27-20)19(25)23-14-18-21-6-7-22-18/h6-7,13H,2-5,8-12,14H2,1H3,(H,21,22)(H,23,25). The van der Waals surface area contributed by atoms with Crippen molar-refractivity contribution in [3.05, 3.63) is 39.6 Å². The number of amides is 1. The Hall–Kier alpha value is -1.74. The summed E-state index contributed by atoms with van der Waals surface area (Å²) in [6.07, 6.45) is 6.27. The van der Waals surface area contributed by atoms with E-state index in [-0.39, 0.29) is 11.5 Å². The first-order valence-corrected chi connectivity index (χ1v) is 10.9. The molecule has 1 spiro atoms. The SMILES string of the molecule is CCOCCN1CCC2(CC1)OCCc1sc(C(=O)NCc3ncc[nH]3)cc12. The molecule has 1 fully saturated rings. The topological polar surface area (TPSA) is 79.5 Å². The van der Waals surface area contributed by atoms with E-state index in [1.807, 2.05) is 6.92 Å². The third kappa shape index (κ3) is 4.15. The van der Waals surface area contributed by atoms with Crippen molar-refractivity contribution >= 4 is 17.2 Å². The van der Waals surface area contributed by atoms with Crippen molar-refractivity contribution in [2.45, 2.75) is 38.3 Å². The van der Waals surface area contributed by atoms with E-state index in [0.717, 1.165) is 69.4 Å². The molecule has 4 rings (SSSR count). The maximum atomic E-state index is 12.6. The number of nitrogens with one attached hydrogen (secondary N) is 2. The second-order valence-electron chi connectivity index (χ2n) is 7.30. The van der Waals surface area contributed by atoms with Crippen molar-refractivity contribution in [3.63, 3.8) is 0 Å². The highest BCUT2D eigenvalue weighted by Crippen LogP contribution is 2.44. The summed E-state index contributed by atoms with van der Waals surface area (Å²) in [6, 6.07) is 2.06. The van der Waals surface area contributed by atoms with Gasteiger partial charge < -0.3 is 24.7 Å². The van der Waals surface area contributed by atoms with Gasteiger partial charge in [0.2, 0.25) is 0 Å². The van der Waals surface area contributed by atoms with E-state index in [1.54, 1.807) is 23.7 Å². The molecule has 0 unspecified atom stereocenters. The number of likely N-dealkylation sites (tertiary alicyclic amines) is 1. The molecule has 0 aliphatic carbocycles. The molecular formula is C20H28N4O3S. The maximum Gasteiger partial charge on any atom is 0.261 e. The molecule has 2 aliphatic rings. The van der Waals surface area contributed by atoms with Crippen LogP contribution in [0.2, 0.25) is 0 Å². The van der Waals surface area contributed by atoms with Gasteiger partial charge in [0.1, 0.15) is 5.82 Å². The summed E-state index contributed by atoms with van der Waals surface area (Å²) in [6.45, 7) is 7.70. The number of carbonyl (C=O) groups is 1. The molecular weight excluding hydrogens is 376 g/mol. The Morgan fingerprint density at radius 3 is 3.07 bits per heavy atom. The van der Waals surface area contributed by atoms with E-state index in [9.17, 15) is 4.79 Å². The normalized spacial score (nSPS) is 18.9. The zero-order valence-corrected chi connectivity index (χ0v) is 17.1. The molecule has 0 bridgehead atoms. The fourth-order valence-electron chi connectivity index (χ4n) is 4.06. The van der Waals surface area contributed by atoms with E-state index < -0.39 is 0 Å². The molecule has 4 heterocycles. The second-order valence-corrected chi connectivity index (χ2v) is 8.43. The molecule has 0 saturated carbocycles. The van der Waals surface area contributed by atoms with Crippen LogP contribution in [0.25, 0.3) is 0 Å². The van der Waals surface area contributed by atoms with Gasteiger partial charge in [-0.1, -0.05) is 0 Å². The lowest BCUT2D eigenvalue weighted by Crippen LogP contribution is -2.46. The van der Waals surface area contributed by atoms with Crippen molar-refractivity contribution in [1.82, 2.24) is 20.2 Å². The van der Waals surface area contributed by atoms with Crippen molar-refractivity contribution in [3.8, 4) is 0 Å². The van der Waals surface area contributed by atoms with Gasteiger partial charge in [0.25, 0.3) is 5.91 Å². The summed E-state index contributed by atoms with van der Waals surface area (Å²) in [4.78, 5) is 24.3. The van der Waals surface area contributed by atoms with Crippen LogP contribution in [0.1, 0.15) is 45.7 Å². The quantitative estimate of drug-likeness (QED) is 0.693. The highest BCUT2D eigenvalue weighted by Gasteiger charge is 2.42. The summed E-state index contributed by atoms with van der Waals surface area (Å²) in [7, 11) is 0. The average molecular weight is 405 g/mol. The van der Waals surface area contributed by atoms with Crippen LogP contribution in [0, 0.1) is 0 Å². The molecule has 1 amide bonds. The first-order chi connectivity index (χ1) is 13.7. The number of ether oxygens (including phenoxy) is 2. The van der Waals surface area contributed by atoms with Crippen LogP contribution in [-0.4, -0.2) is 60.2 Å². The Balaban J connectivity index is 1.41. The number of hydrogen-bond acceptors (Lipinski definition) is 6. The molecule has 152 valence electrons. The molecule has 2 N–H and O–H groups in total. The molecule has 0 aromatic carbocycles.